The zero-order chi connectivity index (χ0) is 18.7. The van der Waals surface area contributed by atoms with E-state index in [1.54, 1.807) is 5.38 Å². The normalized spacial score (nSPS) is 14.8. The van der Waals surface area contributed by atoms with Crippen LogP contribution in [0.1, 0.15) is 56.7 Å². The van der Waals surface area contributed by atoms with Crippen molar-refractivity contribution in [1.29, 1.82) is 0 Å². The highest BCUT2D eigenvalue weighted by Gasteiger charge is 2.23. The summed E-state index contributed by atoms with van der Waals surface area (Å²) in [7, 11) is 0. The van der Waals surface area contributed by atoms with Gasteiger partial charge in [0, 0.05) is 4.88 Å². The van der Waals surface area contributed by atoms with Crippen LogP contribution in [0.15, 0.2) is 17.5 Å². The first-order valence-corrected chi connectivity index (χ1v) is 10.2. The third kappa shape index (κ3) is 4.13. The lowest BCUT2D eigenvalue weighted by atomic mass is 10.1. The molecule has 0 saturated carbocycles. The largest absolute Gasteiger partial charge is 0.448 e. The van der Waals surface area contributed by atoms with Crippen LogP contribution in [0.2, 0.25) is 0 Å². The fourth-order valence-electron chi connectivity index (χ4n) is 2.85. The minimum Gasteiger partial charge on any atom is -0.448 e. The highest BCUT2D eigenvalue weighted by Crippen LogP contribution is 2.29. The Morgan fingerprint density at radius 1 is 1.23 bits per heavy atom. The third-order valence-electron chi connectivity index (χ3n) is 4.27. The van der Waals surface area contributed by atoms with Crippen LogP contribution in [-0.4, -0.2) is 23.9 Å². The summed E-state index contributed by atoms with van der Waals surface area (Å²) in [6.45, 7) is 1.50. The fraction of sp³-hybridized carbons (Fsp3) is 0.389. The highest BCUT2D eigenvalue weighted by molar-refractivity contribution is 7.15. The molecule has 3 N–H and O–H groups in total. The molecule has 1 aliphatic carbocycles. The van der Waals surface area contributed by atoms with Crippen LogP contribution >= 0.6 is 22.7 Å². The van der Waals surface area contributed by atoms with E-state index in [1.165, 1.54) is 52.5 Å². The standard InChI is InChI=1S/C18H20N2O4S2/c1-10(16(22)20-17-12(15(19)21)7-8-25-17)24-18(23)14-9-11-5-3-2-4-6-13(11)26-14/h7-10H,2-6H2,1H3,(H2,19,21)(H,20,22)/t10-/m0/s1. The summed E-state index contributed by atoms with van der Waals surface area (Å²) < 4.78 is 5.30. The minimum atomic E-state index is -0.979. The van der Waals surface area contributed by atoms with E-state index in [9.17, 15) is 14.4 Å². The number of primary amides is 1. The summed E-state index contributed by atoms with van der Waals surface area (Å²) >= 11 is 2.64. The molecule has 26 heavy (non-hydrogen) atoms. The number of carbonyl (C=O) groups excluding carboxylic acids is 3. The second kappa shape index (κ2) is 8.01. The van der Waals surface area contributed by atoms with E-state index >= 15 is 0 Å². The number of aryl methyl sites for hydroxylation is 2. The quantitative estimate of drug-likeness (QED) is 0.602. The third-order valence-corrected chi connectivity index (χ3v) is 6.32. The number of esters is 1. The van der Waals surface area contributed by atoms with E-state index in [0.717, 1.165) is 25.7 Å². The van der Waals surface area contributed by atoms with Crippen molar-refractivity contribution in [2.24, 2.45) is 5.73 Å². The molecule has 3 rings (SSSR count). The zero-order valence-corrected chi connectivity index (χ0v) is 16.0. The van der Waals surface area contributed by atoms with Gasteiger partial charge >= 0.3 is 5.97 Å². The van der Waals surface area contributed by atoms with Crippen LogP contribution in [0.4, 0.5) is 5.00 Å². The van der Waals surface area contributed by atoms with E-state index in [0.29, 0.717) is 9.88 Å². The molecule has 138 valence electrons. The van der Waals surface area contributed by atoms with E-state index in [1.807, 2.05) is 6.07 Å². The number of hydrogen-bond donors (Lipinski definition) is 2. The highest BCUT2D eigenvalue weighted by atomic mass is 32.1. The number of anilines is 1. The van der Waals surface area contributed by atoms with Crippen LogP contribution in [0.25, 0.3) is 0 Å². The predicted molar refractivity (Wildman–Crippen MR) is 102 cm³/mol. The van der Waals surface area contributed by atoms with Gasteiger partial charge < -0.3 is 15.8 Å². The molecule has 0 bridgehead atoms. The molecule has 1 atom stereocenters. The SMILES string of the molecule is C[C@H](OC(=O)c1cc2c(s1)CCCCC2)C(=O)Nc1sccc1C(N)=O. The van der Waals surface area contributed by atoms with Gasteiger partial charge in [0.2, 0.25) is 0 Å². The van der Waals surface area contributed by atoms with Gasteiger partial charge in [-0.25, -0.2) is 4.79 Å². The Hall–Kier alpha value is -2.19. The van der Waals surface area contributed by atoms with Crippen LogP contribution < -0.4 is 11.1 Å². The van der Waals surface area contributed by atoms with Crippen molar-refractivity contribution in [1.82, 2.24) is 0 Å². The molecular weight excluding hydrogens is 372 g/mol. The summed E-state index contributed by atoms with van der Waals surface area (Å²) in [6, 6.07) is 3.43. The fourth-order valence-corrected chi connectivity index (χ4v) is 4.79. The lowest BCUT2D eigenvalue weighted by molar-refractivity contribution is -0.123. The summed E-state index contributed by atoms with van der Waals surface area (Å²) in [6.07, 6.45) is 4.51. The number of amides is 2. The monoisotopic (exact) mass is 392 g/mol. The van der Waals surface area contributed by atoms with Crippen LogP contribution in [0.5, 0.6) is 0 Å². The average molecular weight is 393 g/mol. The van der Waals surface area contributed by atoms with Gasteiger partial charge in [-0.2, -0.15) is 0 Å². The van der Waals surface area contributed by atoms with Crippen molar-refractivity contribution < 1.29 is 19.1 Å². The predicted octanol–water partition coefficient (Wildman–Crippen LogP) is 3.36. The topological polar surface area (TPSA) is 98.5 Å². The van der Waals surface area contributed by atoms with Crippen LogP contribution in [-0.2, 0) is 22.4 Å². The average Bonchev–Trinajstić information content (AvgIpc) is 3.17. The summed E-state index contributed by atoms with van der Waals surface area (Å²) in [5.41, 5.74) is 6.72. The number of hydrogen-bond acceptors (Lipinski definition) is 6. The molecular formula is C18H20N2O4S2. The minimum absolute atomic E-state index is 0.240. The maximum Gasteiger partial charge on any atom is 0.349 e. The Balaban J connectivity index is 1.62. The van der Waals surface area contributed by atoms with Gasteiger partial charge in [0.25, 0.3) is 11.8 Å². The molecule has 0 aliphatic heterocycles. The van der Waals surface area contributed by atoms with Crippen molar-refractivity contribution in [2.45, 2.75) is 45.1 Å². The molecule has 0 unspecified atom stereocenters. The second-order valence-corrected chi connectivity index (χ2v) is 8.24. The Morgan fingerprint density at radius 3 is 2.77 bits per heavy atom. The molecule has 0 aromatic carbocycles. The van der Waals surface area contributed by atoms with E-state index in [2.05, 4.69) is 5.32 Å². The molecule has 6 nitrogen and oxygen atoms in total. The number of nitrogens with one attached hydrogen (secondary N) is 1. The summed E-state index contributed by atoms with van der Waals surface area (Å²) in [4.78, 5) is 37.7. The molecule has 0 saturated heterocycles. The Kier molecular flexibility index (Phi) is 5.73. The van der Waals surface area contributed by atoms with Gasteiger partial charge in [-0.1, -0.05) is 6.42 Å². The number of nitrogens with two attached hydrogens (primary N) is 1. The molecule has 2 amide bonds. The summed E-state index contributed by atoms with van der Waals surface area (Å²) in [5, 5.41) is 4.60. The number of rotatable bonds is 5. The second-order valence-electron chi connectivity index (χ2n) is 6.18. The van der Waals surface area contributed by atoms with Gasteiger partial charge in [0.15, 0.2) is 6.10 Å². The van der Waals surface area contributed by atoms with Crippen molar-refractivity contribution in [2.75, 3.05) is 5.32 Å². The Bertz CT molecular complexity index is 817. The van der Waals surface area contributed by atoms with Crippen LogP contribution in [0.3, 0.4) is 0 Å². The smallest absolute Gasteiger partial charge is 0.349 e. The first kappa shape index (κ1) is 18.6. The molecule has 0 spiro atoms. The Labute approximate surface area is 159 Å². The number of carbonyl (C=O) groups is 3. The van der Waals surface area contributed by atoms with Gasteiger partial charge in [-0.15, -0.1) is 22.7 Å². The van der Waals surface area contributed by atoms with E-state index in [-0.39, 0.29) is 5.56 Å². The lowest BCUT2D eigenvalue weighted by Gasteiger charge is -2.12. The van der Waals surface area contributed by atoms with Gasteiger partial charge in [0.05, 0.1) is 5.56 Å². The first-order valence-electron chi connectivity index (χ1n) is 8.46. The van der Waals surface area contributed by atoms with E-state index < -0.39 is 23.9 Å². The molecule has 8 heteroatoms. The molecule has 2 aromatic rings. The maximum atomic E-state index is 12.4. The van der Waals surface area contributed by atoms with Crippen molar-refractivity contribution in [3.05, 3.63) is 38.4 Å². The van der Waals surface area contributed by atoms with Crippen LogP contribution in [0, 0.1) is 0 Å². The summed E-state index contributed by atoms with van der Waals surface area (Å²) in [5.74, 6) is -1.61. The molecule has 0 radical (unpaired) electrons. The number of thiophene rings is 2. The Morgan fingerprint density at radius 2 is 2.00 bits per heavy atom. The molecule has 1 aliphatic rings. The molecule has 2 heterocycles. The zero-order valence-electron chi connectivity index (χ0n) is 14.4. The molecule has 2 aromatic heterocycles. The molecule has 0 fully saturated rings. The van der Waals surface area contributed by atoms with E-state index in [4.69, 9.17) is 10.5 Å². The van der Waals surface area contributed by atoms with Crippen molar-refractivity contribution >= 4 is 45.5 Å². The van der Waals surface area contributed by atoms with Gasteiger partial charge in [0.1, 0.15) is 9.88 Å². The number of fused-ring (bicyclic) bond motifs is 1. The maximum absolute atomic E-state index is 12.4. The lowest BCUT2D eigenvalue weighted by Crippen LogP contribution is -2.30. The van der Waals surface area contributed by atoms with Crippen molar-refractivity contribution in [3.8, 4) is 0 Å². The number of ether oxygens (including phenoxy) is 1. The van der Waals surface area contributed by atoms with Gasteiger partial charge in [-0.05, 0) is 55.7 Å². The van der Waals surface area contributed by atoms with Gasteiger partial charge in [-0.3, -0.25) is 9.59 Å². The first-order chi connectivity index (χ1) is 12.5. The van der Waals surface area contributed by atoms with Crippen molar-refractivity contribution in [3.63, 3.8) is 0 Å².